The predicted molar refractivity (Wildman–Crippen MR) is 75.8 cm³/mol. The molecule has 2 aliphatic rings. The van der Waals surface area contributed by atoms with E-state index in [1.807, 2.05) is 0 Å². The average molecular weight is 326 g/mol. The summed E-state index contributed by atoms with van der Waals surface area (Å²) in [5.74, 6) is -1.28. The maximum Gasteiger partial charge on any atom is 0.325 e. The summed E-state index contributed by atoms with van der Waals surface area (Å²) in [7, 11) is 0. The third kappa shape index (κ3) is 3.07. The summed E-state index contributed by atoms with van der Waals surface area (Å²) in [4.78, 5) is 38.8. The van der Waals surface area contributed by atoms with Crippen molar-refractivity contribution in [3.05, 3.63) is 32.6 Å². The van der Waals surface area contributed by atoms with Crippen LogP contribution in [0.5, 0.6) is 0 Å². The summed E-state index contributed by atoms with van der Waals surface area (Å²) in [5.41, 5.74) is -0.932. The lowest BCUT2D eigenvalue weighted by Gasteiger charge is -2.23. The minimum atomic E-state index is -0.846. The molecule has 1 aromatic rings. The van der Waals surface area contributed by atoms with E-state index in [1.54, 1.807) is 13.8 Å². The molecule has 2 N–H and O–H groups in total. The van der Waals surface area contributed by atoms with Crippen LogP contribution in [-0.2, 0) is 23.7 Å². The van der Waals surface area contributed by atoms with Gasteiger partial charge in [-0.1, -0.05) is 0 Å². The molecule has 3 rings (SSSR count). The van der Waals surface area contributed by atoms with Gasteiger partial charge in [-0.05, 0) is 13.8 Å². The number of rotatable bonds is 3. The van der Waals surface area contributed by atoms with E-state index in [2.05, 4.69) is 9.97 Å². The molecule has 0 aliphatic carbocycles. The number of nitrogens with one attached hydrogen (secondary N) is 2. The third-order valence-corrected chi connectivity index (χ3v) is 3.76. The Bertz CT molecular complexity index is 722. The smallest absolute Gasteiger partial charge is 0.325 e. The molecule has 2 aliphatic heterocycles. The number of carbonyl (C=O) groups excluding carboxylic acids is 1. The van der Waals surface area contributed by atoms with Crippen molar-refractivity contribution < 1.29 is 23.7 Å². The van der Waals surface area contributed by atoms with Crippen molar-refractivity contribution in [2.24, 2.45) is 0 Å². The minimum absolute atomic E-state index is 0.00625. The fourth-order valence-corrected chi connectivity index (χ4v) is 2.90. The third-order valence-electron chi connectivity index (χ3n) is 3.76. The lowest BCUT2D eigenvalue weighted by atomic mass is 10.0. The first kappa shape index (κ1) is 15.9. The van der Waals surface area contributed by atoms with Crippen LogP contribution in [0.3, 0.4) is 0 Å². The first-order chi connectivity index (χ1) is 10.8. The van der Waals surface area contributed by atoms with Crippen molar-refractivity contribution in [2.45, 2.75) is 51.0 Å². The van der Waals surface area contributed by atoms with Gasteiger partial charge in [-0.25, -0.2) is 4.79 Å². The highest BCUT2D eigenvalue weighted by Crippen LogP contribution is 2.44. The van der Waals surface area contributed by atoms with Gasteiger partial charge in [0.2, 0.25) is 0 Å². The molecule has 0 amide bonds. The Morgan fingerprint density at radius 2 is 2.00 bits per heavy atom. The number of aromatic amines is 2. The van der Waals surface area contributed by atoms with Crippen molar-refractivity contribution in [1.82, 2.24) is 9.97 Å². The zero-order valence-corrected chi connectivity index (χ0v) is 13.0. The molecule has 1 aromatic heterocycles. The van der Waals surface area contributed by atoms with Crippen LogP contribution in [0.15, 0.2) is 15.8 Å². The van der Waals surface area contributed by atoms with Gasteiger partial charge in [0, 0.05) is 13.1 Å². The summed E-state index contributed by atoms with van der Waals surface area (Å²) in [6.07, 6.45) is -1.03. The van der Waals surface area contributed by atoms with Gasteiger partial charge in [-0.15, -0.1) is 0 Å². The van der Waals surface area contributed by atoms with Crippen LogP contribution in [0.2, 0.25) is 0 Å². The van der Waals surface area contributed by atoms with E-state index in [4.69, 9.17) is 18.9 Å². The van der Waals surface area contributed by atoms with E-state index in [1.165, 1.54) is 13.1 Å². The first-order valence-electron chi connectivity index (χ1n) is 7.23. The molecule has 4 atom stereocenters. The van der Waals surface area contributed by atoms with E-state index in [9.17, 15) is 14.4 Å². The summed E-state index contributed by atoms with van der Waals surface area (Å²) in [5, 5.41) is 0. The van der Waals surface area contributed by atoms with Crippen molar-refractivity contribution in [2.75, 3.05) is 6.61 Å². The Morgan fingerprint density at radius 3 is 2.65 bits per heavy atom. The Hall–Kier alpha value is -1.97. The van der Waals surface area contributed by atoms with E-state index in [-0.39, 0.29) is 12.2 Å². The quantitative estimate of drug-likeness (QED) is 0.724. The Labute approximate surface area is 130 Å². The molecule has 9 heteroatoms. The van der Waals surface area contributed by atoms with Crippen molar-refractivity contribution >= 4 is 5.97 Å². The number of aromatic nitrogens is 2. The summed E-state index contributed by atoms with van der Waals surface area (Å²) >= 11 is 0. The van der Waals surface area contributed by atoms with Crippen LogP contribution in [0.1, 0.15) is 32.4 Å². The summed E-state index contributed by atoms with van der Waals surface area (Å²) < 4.78 is 22.4. The zero-order valence-electron chi connectivity index (χ0n) is 13.0. The number of ether oxygens (including phenoxy) is 4. The molecule has 9 nitrogen and oxygen atoms in total. The van der Waals surface area contributed by atoms with Gasteiger partial charge in [0.15, 0.2) is 5.79 Å². The fourth-order valence-electron chi connectivity index (χ4n) is 2.90. The predicted octanol–water partition coefficient (Wildman–Crippen LogP) is -0.414. The monoisotopic (exact) mass is 326 g/mol. The van der Waals surface area contributed by atoms with Crippen LogP contribution >= 0.6 is 0 Å². The molecule has 126 valence electrons. The summed E-state index contributed by atoms with van der Waals surface area (Å²) in [6.45, 7) is 4.80. The van der Waals surface area contributed by atoms with Crippen molar-refractivity contribution in [1.29, 1.82) is 0 Å². The highest BCUT2D eigenvalue weighted by Gasteiger charge is 2.56. The lowest BCUT2D eigenvalue weighted by molar-refractivity contribution is -0.193. The molecular weight excluding hydrogens is 308 g/mol. The highest BCUT2D eigenvalue weighted by atomic mass is 16.8. The molecule has 2 fully saturated rings. The second-order valence-corrected chi connectivity index (χ2v) is 5.99. The Kier molecular flexibility index (Phi) is 3.86. The van der Waals surface area contributed by atoms with Crippen LogP contribution in [0.4, 0.5) is 0 Å². The lowest BCUT2D eigenvalue weighted by Crippen LogP contribution is -2.33. The minimum Gasteiger partial charge on any atom is -0.463 e. The van der Waals surface area contributed by atoms with Crippen LogP contribution in [0.25, 0.3) is 0 Å². The maximum atomic E-state index is 12.0. The molecule has 0 radical (unpaired) electrons. The molecule has 0 bridgehead atoms. The Balaban J connectivity index is 1.90. The van der Waals surface area contributed by atoms with Crippen LogP contribution in [-0.4, -0.2) is 46.6 Å². The SMILES string of the molecule is CC(=O)OCC1OC(c2c[nH]c(=O)[nH]c2=O)[C@@H]2OC(C)(C)O[C@H]12. The molecule has 0 saturated carbocycles. The maximum absolute atomic E-state index is 12.0. The zero-order chi connectivity index (χ0) is 16.8. The molecular formula is C14H18N2O7. The standard InChI is InChI=1S/C14H18N2O7/c1-6(17)20-5-8-10-11(23-14(2,3)22-10)9(21-8)7-4-15-13(19)16-12(7)18/h4,8-11H,5H2,1-3H3,(H2,15,16,18,19)/t8?,9?,10-,11+/m1/s1. The second-order valence-electron chi connectivity index (χ2n) is 5.99. The van der Waals surface area contributed by atoms with Gasteiger partial charge in [-0.2, -0.15) is 0 Å². The second kappa shape index (κ2) is 5.59. The van der Waals surface area contributed by atoms with Crippen molar-refractivity contribution in [3.8, 4) is 0 Å². The molecule has 0 spiro atoms. The van der Waals surface area contributed by atoms with Gasteiger partial charge < -0.3 is 23.9 Å². The van der Waals surface area contributed by atoms with Crippen molar-refractivity contribution in [3.63, 3.8) is 0 Å². The number of hydrogen-bond donors (Lipinski definition) is 2. The van der Waals surface area contributed by atoms with Gasteiger partial charge >= 0.3 is 11.7 Å². The fraction of sp³-hybridized carbons (Fsp3) is 0.643. The average Bonchev–Trinajstić information content (AvgIpc) is 2.90. The number of carbonyl (C=O) groups is 1. The van der Waals surface area contributed by atoms with Crippen LogP contribution in [0, 0.1) is 0 Å². The first-order valence-corrected chi connectivity index (χ1v) is 7.23. The number of esters is 1. The van der Waals surface area contributed by atoms with Crippen LogP contribution < -0.4 is 11.2 Å². The Morgan fingerprint density at radius 1 is 1.30 bits per heavy atom. The van der Waals surface area contributed by atoms with E-state index >= 15 is 0 Å². The largest absolute Gasteiger partial charge is 0.463 e. The molecule has 0 aromatic carbocycles. The number of hydrogen-bond acceptors (Lipinski definition) is 7. The normalized spacial score (nSPS) is 31.8. The van der Waals surface area contributed by atoms with Gasteiger partial charge in [0.25, 0.3) is 5.56 Å². The number of fused-ring (bicyclic) bond motifs is 1. The molecule has 2 saturated heterocycles. The van der Waals surface area contributed by atoms with E-state index < -0.39 is 47.4 Å². The van der Waals surface area contributed by atoms with Gasteiger partial charge in [-0.3, -0.25) is 14.6 Å². The van der Waals surface area contributed by atoms with E-state index in [0.717, 1.165) is 0 Å². The molecule has 2 unspecified atom stereocenters. The molecule has 3 heterocycles. The van der Waals surface area contributed by atoms with Gasteiger partial charge in [0.1, 0.15) is 31.0 Å². The van der Waals surface area contributed by atoms with Gasteiger partial charge in [0.05, 0.1) is 5.56 Å². The molecule has 23 heavy (non-hydrogen) atoms. The van der Waals surface area contributed by atoms with E-state index in [0.29, 0.717) is 0 Å². The summed E-state index contributed by atoms with van der Waals surface area (Å²) in [6, 6.07) is 0. The highest BCUT2D eigenvalue weighted by molar-refractivity contribution is 5.65. The number of H-pyrrole nitrogens is 2. The topological polar surface area (TPSA) is 120 Å².